The average Bonchev–Trinajstić information content (AvgIpc) is 2.76. The van der Waals surface area contributed by atoms with Crippen molar-refractivity contribution in [3.63, 3.8) is 0 Å². The molecule has 0 aliphatic carbocycles. The predicted octanol–water partition coefficient (Wildman–Crippen LogP) is 2.69. The lowest BCUT2D eigenvalue weighted by Crippen LogP contribution is -2.26. The number of rotatable bonds is 4. The number of ether oxygens (including phenoxy) is 1. The van der Waals surface area contributed by atoms with Crippen LogP contribution in [0.1, 0.15) is 31.9 Å². The first-order chi connectivity index (χ1) is 7.38. The molecule has 0 bridgehead atoms. The van der Waals surface area contributed by atoms with Crippen LogP contribution in [0.5, 0.6) is 0 Å². The molecule has 0 radical (unpaired) electrons. The Hall–Kier alpha value is -0.610. The monoisotopic (exact) mass is 226 g/mol. The normalized spacial score (nSPS) is 21.5. The molecule has 0 spiro atoms. The van der Waals surface area contributed by atoms with Gasteiger partial charge in [-0.2, -0.15) is 0 Å². The Labute approximate surface area is 94.9 Å². The van der Waals surface area contributed by atoms with E-state index in [0.29, 0.717) is 6.10 Å². The molecule has 0 saturated carbocycles. The van der Waals surface area contributed by atoms with Gasteiger partial charge in [0.15, 0.2) is 5.13 Å². The largest absolute Gasteiger partial charge is 0.376 e. The zero-order valence-electron chi connectivity index (χ0n) is 9.16. The van der Waals surface area contributed by atoms with Crippen molar-refractivity contribution in [1.29, 1.82) is 0 Å². The maximum Gasteiger partial charge on any atom is 0.182 e. The maximum atomic E-state index is 5.65. The molecule has 2 heterocycles. The lowest BCUT2D eigenvalue weighted by molar-refractivity contribution is 0.0247. The van der Waals surface area contributed by atoms with E-state index < -0.39 is 0 Å². The van der Waals surface area contributed by atoms with Gasteiger partial charge in [0, 0.05) is 18.5 Å². The van der Waals surface area contributed by atoms with Gasteiger partial charge in [0.05, 0.1) is 11.8 Å². The summed E-state index contributed by atoms with van der Waals surface area (Å²) in [6.45, 7) is 3.95. The number of nitrogens with zero attached hydrogens (tertiary/aromatic N) is 1. The van der Waals surface area contributed by atoms with Crippen molar-refractivity contribution in [3.05, 3.63) is 11.1 Å². The molecule has 1 aromatic rings. The van der Waals surface area contributed by atoms with Crippen LogP contribution in [0.15, 0.2) is 5.38 Å². The summed E-state index contributed by atoms with van der Waals surface area (Å²) in [5.41, 5.74) is 1.17. The highest BCUT2D eigenvalue weighted by molar-refractivity contribution is 7.13. The molecular weight excluding hydrogens is 208 g/mol. The topological polar surface area (TPSA) is 34.1 Å². The van der Waals surface area contributed by atoms with E-state index in [9.17, 15) is 0 Å². The molecule has 15 heavy (non-hydrogen) atoms. The summed E-state index contributed by atoms with van der Waals surface area (Å²) in [6.07, 6.45) is 5.09. The van der Waals surface area contributed by atoms with Crippen molar-refractivity contribution in [3.8, 4) is 0 Å². The van der Waals surface area contributed by atoms with Crippen molar-refractivity contribution in [2.75, 3.05) is 18.5 Å². The second kappa shape index (κ2) is 5.47. The standard InChI is InChI=1S/C11H18N2OS/c1-2-9-8-15-11(13-9)12-7-10-5-3-4-6-14-10/h8,10H,2-7H2,1H3,(H,12,13). The first-order valence-corrected chi connectivity index (χ1v) is 6.56. The number of hydrogen-bond acceptors (Lipinski definition) is 4. The van der Waals surface area contributed by atoms with Gasteiger partial charge < -0.3 is 10.1 Å². The van der Waals surface area contributed by atoms with Crippen LogP contribution in [0.3, 0.4) is 0 Å². The number of thiazole rings is 1. The molecule has 0 amide bonds. The Morgan fingerprint density at radius 1 is 1.60 bits per heavy atom. The summed E-state index contributed by atoms with van der Waals surface area (Å²) in [4.78, 5) is 4.46. The highest BCUT2D eigenvalue weighted by atomic mass is 32.1. The van der Waals surface area contributed by atoms with Gasteiger partial charge in [0.25, 0.3) is 0 Å². The van der Waals surface area contributed by atoms with Gasteiger partial charge in [-0.15, -0.1) is 11.3 Å². The summed E-state index contributed by atoms with van der Waals surface area (Å²) in [5, 5.41) is 6.50. The smallest absolute Gasteiger partial charge is 0.182 e. The second-order valence-electron chi connectivity index (χ2n) is 3.87. The van der Waals surface area contributed by atoms with Crippen LogP contribution in [0, 0.1) is 0 Å². The van der Waals surface area contributed by atoms with Crippen molar-refractivity contribution >= 4 is 16.5 Å². The zero-order valence-corrected chi connectivity index (χ0v) is 9.98. The van der Waals surface area contributed by atoms with Gasteiger partial charge in [0.2, 0.25) is 0 Å². The number of aryl methyl sites for hydroxylation is 1. The molecule has 1 aromatic heterocycles. The van der Waals surface area contributed by atoms with Crippen molar-refractivity contribution in [1.82, 2.24) is 4.98 Å². The summed E-state index contributed by atoms with van der Waals surface area (Å²) in [5.74, 6) is 0. The van der Waals surface area contributed by atoms with E-state index in [-0.39, 0.29) is 0 Å². The molecular formula is C11H18N2OS. The Bertz CT molecular complexity index is 295. The van der Waals surface area contributed by atoms with Crippen LogP contribution in [0.25, 0.3) is 0 Å². The predicted molar refractivity (Wildman–Crippen MR) is 63.6 cm³/mol. The average molecular weight is 226 g/mol. The molecule has 84 valence electrons. The minimum atomic E-state index is 0.382. The third kappa shape index (κ3) is 3.18. The van der Waals surface area contributed by atoms with Gasteiger partial charge in [-0.05, 0) is 25.7 Å². The van der Waals surface area contributed by atoms with E-state index in [4.69, 9.17) is 4.74 Å². The van der Waals surface area contributed by atoms with Gasteiger partial charge in [0.1, 0.15) is 0 Å². The molecule has 0 aromatic carbocycles. The highest BCUT2D eigenvalue weighted by Gasteiger charge is 2.13. The van der Waals surface area contributed by atoms with Gasteiger partial charge in [-0.25, -0.2) is 4.98 Å². The van der Waals surface area contributed by atoms with E-state index in [1.165, 1.54) is 25.0 Å². The highest BCUT2D eigenvalue weighted by Crippen LogP contribution is 2.17. The molecule has 4 heteroatoms. The van der Waals surface area contributed by atoms with E-state index in [0.717, 1.165) is 24.7 Å². The van der Waals surface area contributed by atoms with Crippen LogP contribution in [0.2, 0.25) is 0 Å². The minimum Gasteiger partial charge on any atom is -0.376 e. The van der Waals surface area contributed by atoms with Gasteiger partial charge in [-0.1, -0.05) is 6.92 Å². The first kappa shape index (κ1) is 10.9. The summed E-state index contributed by atoms with van der Waals surface area (Å²) in [7, 11) is 0. The van der Waals surface area contributed by atoms with Crippen LogP contribution in [-0.4, -0.2) is 24.2 Å². The third-order valence-electron chi connectivity index (χ3n) is 2.67. The minimum absolute atomic E-state index is 0.382. The van der Waals surface area contributed by atoms with E-state index in [2.05, 4.69) is 22.6 Å². The lowest BCUT2D eigenvalue weighted by atomic mass is 10.1. The van der Waals surface area contributed by atoms with E-state index in [1.807, 2.05) is 0 Å². The lowest BCUT2D eigenvalue weighted by Gasteiger charge is -2.22. The summed E-state index contributed by atoms with van der Waals surface area (Å²) in [6, 6.07) is 0. The number of hydrogen-bond donors (Lipinski definition) is 1. The summed E-state index contributed by atoms with van der Waals surface area (Å²) < 4.78 is 5.65. The zero-order chi connectivity index (χ0) is 10.5. The number of aromatic nitrogens is 1. The van der Waals surface area contributed by atoms with Crippen LogP contribution >= 0.6 is 11.3 Å². The quantitative estimate of drug-likeness (QED) is 0.857. The Balaban J connectivity index is 1.76. The Kier molecular flexibility index (Phi) is 3.97. The third-order valence-corrected chi connectivity index (χ3v) is 3.52. The fourth-order valence-electron chi connectivity index (χ4n) is 1.72. The van der Waals surface area contributed by atoms with E-state index in [1.54, 1.807) is 11.3 Å². The van der Waals surface area contributed by atoms with Crippen LogP contribution in [-0.2, 0) is 11.2 Å². The van der Waals surface area contributed by atoms with Crippen molar-refractivity contribution in [2.45, 2.75) is 38.7 Å². The van der Waals surface area contributed by atoms with E-state index >= 15 is 0 Å². The fourth-order valence-corrected chi connectivity index (χ4v) is 2.52. The summed E-state index contributed by atoms with van der Waals surface area (Å²) >= 11 is 1.68. The van der Waals surface area contributed by atoms with Gasteiger partial charge in [-0.3, -0.25) is 0 Å². The number of nitrogens with one attached hydrogen (secondary N) is 1. The maximum absolute atomic E-state index is 5.65. The SMILES string of the molecule is CCc1csc(NCC2CCCCO2)n1. The van der Waals surface area contributed by atoms with Crippen molar-refractivity contribution < 1.29 is 4.74 Å². The van der Waals surface area contributed by atoms with Crippen LogP contribution < -0.4 is 5.32 Å². The van der Waals surface area contributed by atoms with Gasteiger partial charge >= 0.3 is 0 Å². The van der Waals surface area contributed by atoms with Crippen LogP contribution in [0.4, 0.5) is 5.13 Å². The molecule has 1 unspecified atom stereocenters. The Morgan fingerprint density at radius 3 is 3.20 bits per heavy atom. The second-order valence-corrected chi connectivity index (χ2v) is 4.73. The fraction of sp³-hybridized carbons (Fsp3) is 0.727. The molecule has 1 N–H and O–H groups in total. The molecule has 1 fully saturated rings. The Morgan fingerprint density at radius 2 is 2.53 bits per heavy atom. The molecule has 2 rings (SSSR count). The molecule has 3 nitrogen and oxygen atoms in total. The molecule has 1 atom stereocenters. The molecule has 1 aliphatic heterocycles. The molecule has 1 saturated heterocycles. The number of anilines is 1. The molecule has 1 aliphatic rings. The first-order valence-electron chi connectivity index (χ1n) is 5.68. The van der Waals surface area contributed by atoms with Crippen molar-refractivity contribution in [2.24, 2.45) is 0 Å².